The molecule has 2 N–H and O–H groups in total. The quantitative estimate of drug-likeness (QED) is 0.854. The van der Waals surface area contributed by atoms with Gasteiger partial charge in [-0.25, -0.2) is 4.39 Å². The topological polar surface area (TPSA) is 55.8 Å². The van der Waals surface area contributed by atoms with Crippen molar-refractivity contribution in [3.05, 3.63) is 29.6 Å². The highest BCUT2D eigenvalue weighted by molar-refractivity contribution is 5.94. The molecule has 1 saturated heterocycles. The first-order chi connectivity index (χ1) is 10.5. The number of carbonyl (C=O) groups is 1. The summed E-state index contributed by atoms with van der Waals surface area (Å²) < 4.78 is 13.5. The van der Waals surface area contributed by atoms with Crippen LogP contribution in [0.4, 0.5) is 10.1 Å². The van der Waals surface area contributed by atoms with Crippen molar-refractivity contribution < 1.29 is 14.3 Å². The number of hydrogen-bond acceptors (Lipinski definition) is 4. The van der Waals surface area contributed by atoms with Crippen LogP contribution in [0.3, 0.4) is 0 Å². The van der Waals surface area contributed by atoms with Gasteiger partial charge in [0.25, 0.3) is 0 Å². The van der Waals surface area contributed by atoms with E-state index in [-0.39, 0.29) is 24.4 Å². The fourth-order valence-electron chi connectivity index (χ4n) is 2.60. The van der Waals surface area contributed by atoms with E-state index in [0.29, 0.717) is 17.8 Å². The van der Waals surface area contributed by atoms with Gasteiger partial charge in [-0.1, -0.05) is 6.07 Å². The van der Waals surface area contributed by atoms with E-state index >= 15 is 0 Å². The average Bonchev–Trinajstić information content (AvgIpc) is 2.51. The summed E-state index contributed by atoms with van der Waals surface area (Å²) in [5.41, 5.74) is 1.05. The monoisotopic (exact) mass is 309 g/mol. The smallest absolute Gasteiger partial charge is 0.241 e. The highest BCUT2D eigenvalue weighted by atomic mass is 19.1. The van der Waals surface area contributed by atoms with Gasteiger partial charge in [-0.2, -0.15) is 0 Å². The molecule has 1 aliphatic rings. The van der Waals surface area contributed by atoms with Crippen LogP contribution in [0, 0.1) is 12.7 Å². The van der Waals surface area contributed by atoms with Crippen LogP contribution in [0.5, 0.6) is 0 Å². The van der Waals surface area contributed by atoms with Crippen molar-refractivity contribution in [1.82, 2.24) is 9.80 Å². The predicted molar refractivity (Wildman–Crippen MR) is 84.3 cm³/mol. The summed E-state index contributed by atoms with van der Waals surface area (Å²) in [5.74, 6) is -0.443. The Bertz CT molecular complexity index is 516. The zero-order valence-corrected chi connectivity index (χ0v) is 13.2. The summed E-state index contributed by atoms with van der Waals surface area (Å²) in [7, 11) is 0. The molecule has 5 nitrogen and oxygen atoms in total. The second kappa shape index (κ2) is 7.67. The first-order valence-electron chi connectivity index (χ1n) is 7.65. The minimum atomic E-state index is -0.317. The fraction of sp³-hybridized carbons (Fsp3) is 0.562. The molecular formula is C16H24FN3O2. The number of nitrogens with zero attached hydrogens (tertiary/aromatic N) is 2. The van der Waals surface area contributed by atoms with E-state index in [9.17, 15) is 9.18 Å². The molecule has 1 aromatic carbocycles. The summed E-state index contributed by atoms with van der Waals surface area (Å²) in [4.78, 5) is 16.6. The molecule has 6 heteroatoms. The van der Waals surface area contributed by atoms with E-state index < -0.39 is 0 Å². The van der Waals surface area contributed by atoms with E-state index in [1.165, 1.54) is 6.07 Å². The minimum Gasteiger partial charge on any atom is -0.395 e. The number of carbonyl (C=O) groups excluding carboxylic acids is 1. The van der Waals surface area contributed by atoms with Crippen LogP contribution in [0.1, 0.15) is 12.5 Å². The van der Waals surface area contributed by atoms with E-state index in [1.54, 1.807) is 19.1 Å². The number of β-amino-alcohol motifs (C(OH)–C–C–N with tert-alkyl or cyclic N) is 1. The van der Waals surface area contributed by atoms with Crippen molar-refractivity contribution in [3.63, 3.8) is 0 Å². The molecule has 2 rings (SSSR count). The predicted octanol–water partition coefficient (Wildman–Crippen LogP) is 1.07. The number of piperazine rings is 1. The standard InChI is InChI=1S/C16H24FN3O2/c1-12-3-4-14(11-15(12)17)18-16(22)13(2)20-7-5-19(6-8-20)9-10-21/h3-4,11,13,21H,5-10H2,1-2H3,(H,18,22). The maximum absolute atomic E-state index is 13.5. The number of anilines is 1. The number of aryl methyl sites for hydroxylation is 1. The van der Waals surface area contributed by atoms with Gasteiger partial charge in [-0.05, 0) is 31.5 Å². The Kier molecular flexibility index (Phi) is 5.88. The molecule has 0 spiro atoms. The lowest BCUT2D eigenvalue weighted by molar-refractivity contribution is -0.121. The lowest BCUT2D eigenvalue weighted by atomic mass is 10.2. The molecule has 0 saturated carbocycles. The molecule has 1 heterocycles. The maximum atomic E-state index is 13.5. The van der Waals surface area contributed by atoms with Gasteiger partial charge in [0.15, 0.2) is 0 Å². The highest BCUT2D eigenvalue weighted by Crippen LogP contribution is 2.15. The zero-order chi connectivity index (χ0) is 16.1. The normalized spacial score (nSPS) is 18.2. The van der Waals surface area contributed by atoms with Gasteiger partial charge in [0.2, 0.25) is 5.91 Å². The molecule has 0 bridgehead atoms. The molecule has 0 radical (unpaired) electrons. The molecule has 1 aromatic rings. The molecule has 1 aliphatic heterocycles. The van der Waals surface area contributed by atoms with Gasteiger partial charge in [0.1, 0.15) is 5.82 Å². The summed E-state index contributed by atoms with van der Waals surface area (Å²) in [5, 5.41) is 11.7. The van der Waals surface area contributed by atoms with Gasteiger partial charge in [-0.3, -0.25) is 14.6 Å². The molecule has 122 valence electrons. The third kappa shape index (κ3) is 4.25. The Labute approximate surface area is 130 Å². The number of benzene rings is 1. The molecular weight excluding hydrogens is 285 g/mol. The summed E-state index contributed by atoms with van der Waals surface area (Å²) in [6.45, 7) is 7.66. The van der Waals surface area contributed by atoms with E-state index in [0.717, 1.165) is 26.2 Å². The van der Waals surface area contributed by atoms with Gasteiger partial charge >= 0.3 is 0 Å². The average molecular weight is 309 g/mol. The Morgan fingerprint density at radius 2 is 2.05 bits per heavy atom. The van der Waals surface area contributed by atoms with Crippen LogP contribution < -0.4 is 5.32 Å². The lowest BCUT2D eigenvalue weighted by Gasteiger charge is -2.37. The SMILES string of the molecule is Cc1ccc(NC(=O)C(C)N2CCN(CCO)CC2)cc1F. The van der Waals surface area contributed by atoms with Gasteiger partial charge in [0.05, 0.1) is 12.6 Å². The number of aliphatic hydroxyl groups excluding tert-OH is 1. The third-order valence-corrected chi connectivity index (χ3v) is 4.19. The number of amides is 1. The van der Waals surface area contributed by atoms with E-state index in [1.807, 2.05) is 6.92 Å². The number of halogens is 1. The van der Waals surface area contributed by atoms with Crippen molar-refractivity contribution in [2.75, 3.05) is 44.6 Å². The maximum Gasteiger partial charge on any atom is 0.241 e. The highest BCUT2D eigenvalue weighted by Gasteiger charge is 2.25. The van der Waals surface area contributed by atoms with Gasteiger partial charge in [-0.15, -0.1) is 0 Å². The van der Waals surface area contributed by atoms with Crippen LogP contribution in [0.25, 0.3) is 0 Å². The van der Waals surface area contributed by atoms with Crippen molar-refractivity contribution in [2.24, 2.45) is 0 Å². The molecule has 1 atom stereocenters. The molecule has 1 unspecified atom stereocenters. The van der Waals surface area contributed by atoms with Gasteiger partial charge < -0.3 is 10.4 Å². The Morgan fingerprint density at radius 1 is 1.36 bits per heavy atom. The number of aliphatic hydroxyl groups is 1. The second-order valence-electron chi connectivity index (χ2n) is 5.73. The van der Waals surface area contributed by atoms with Crippen molar-refractivity contribution >= 4 is 11.6 Å². The number of hydrogen-bond donors (Lipinski definition) is 2. The molecule has 0 aliphatic carbocycles. The van der Waals surface area contributed by atoms with Crippen molar-refractivity contribution in [2.45, 2.75) is 19.9 Å². The lowest BCUT2D eigenvalue weighted by Crippen LogP contribution is -2.53. The van der Waals surface area contributed by atoms with Gasteiger partial charge in [0, 0.05) is 38.4 Å². The molecule has 22 heavy (non-hydrogen) atoms. The Balaban J connectivity index is 1.88. The number of rotatable bonds is 5. The largest absolute Gasteiger partial charge is 0.395 e. The fourth-order valence-corrected chi connectivity index (χ4v) is 2.60. The first kappa shape index (κ1) is 16.9. The van der Waals surface area contributed by atoms with Crippen LogP contribution in [0.2, 0.25) is 0 Å². The first-order valence-corrected chi connectivity index (χ1v) is 7.65. The zero-order valence-electron chi connectivity index (χ0n) is 13.2. The van der Waals surface area contributed by atoms with Crippen LogP contribution in [-0.4, -0.2) is 66.2 Å². The third-order valence-electron chi connectivity index (χ3n) is 4.19. The summed E-state index contributed by atoms with van der Waals surface area (Å²) in [6.07, 6.45) is 0. The molecule has 1 amide bonds. The summed E-state index contributed by atoms with van der Waals surface area (Å²) in [6, 6.07) is 4.45. The van der Waals surface area contributed by atoms with Crippen LogP contribution in [-0.2, 0) is 4.79 Å². The summed E-state index contributed by atoms with van der Waals surface area (Å²) >= 11 is 0. The van der Waals surface area contributed by atoms with E-state index in [2.05, 4.69) is 15.1 Å². The van der Waals surface area contributed by atoms with Crippen LogP contribution >= 0.6 is 0 Å². The van der Waals surface area contributed by atoms with Crippen molar-refractivity contribution in [1.29, 1.82) is 0 Å². The van der Waals surface area contributed by atoms with Crippen molar-refractivity contribution in [3.8, 4) is 0 Å². The molecule has 0 aromatic heterocycles. The Hall–Kier alpha value is -1.50. The molecule has 1 fully saturated rings. The van der Waals surface area contributed by atoms with E-state index in [4.69, 9.17) is 5.11 Å². The second-order valence-corrected chi connectivity index (χ2v) is 5.73. The van der Waals surface area contributed by atoms with Crippen LogP contribution in [0.15, 0.2) is 18.2 Å². The number of nitrogens with one attached hydrogen (secondary N) is 1. The minimum absolute atomic E-state index is 0.126. The Morgan fingerprint density at radius 3 is 2.64 bits per heavy atom.